The van der Waals surface area contributed by atoms with Crippen molar-refractivity contribution in [2.24, 2.45) is 0 Å². The van der Waals surface area contributed by atoms with Crippen molar-refractivity contribution < 1.29 is 23.9 Å². The van der Waals surface area contributed by atoms with Crippen LogP contribution in [0.25, 0.3) is 0 Å². The molecule has 0 atom stereocenters. The number of carbonyl (C=O) groups excluding carboxylic acids is 3. The van der Waals surface area contributed by atoms with Crippen LogP contribution in [0, 0.1) is 0 Å². The summed E-state index contributed by atoms with van der Waals surface area (Å²) in [5.41, 5.74) is 0.360. The molecule has 1 fully saturated rings. The van der Waals surface area contributed by atoms with Gasteiger partial charge in [0.1, 0.15) is 12.3 Å². The van der Waals surface area contributed by atoms with E-state index in [2.05, 4.69) is 15.3 Å². The Labute approximate surface area is 173 Å². The van der Waals surface area contributed by atoms with E-state index in [1.807, 2.05) is 4.90 Å². The molecule has 0 spiro atoms. The highest BCUT2D eigenvalue weighted by atomic mass is 16.5. The van der Waals surface area contributed by atoms with Crippen LogP contribution < -0.4 is 15.0 Å². The van der Waals surface area contributed by atoms with Crippen LogP contribution in [-0.2, 0) is 14.3 Å². The van der Waals surface area contributed by atoms with Gasteiger partial charge in [-0.2, -0.15) is 0 Å². The SMILES string of the molecule is COc1cccc(C(=O)NCC(=O)OCC(=O)N2CCN(c3ncccn3)CC2)c1. The molecule has 1 aromatic carbocycles. The Morgan fingerprint density at radius 2 is 1.80 bits per heavy atom. The molecule has 30 heavy (non-hydrogen) atoms. The number of anilines is 1. The number of methoxy groups -OCH3 is 1. The molecule has 1 saturated heterocycles. The number of rotatable bonds is 7. The maximum absolute atomic E-state index is 12.3. The van der Waals surface area contributed by atoms with Crippen LogP contribution in [0.3, 0.4) is 0 Å². The smallest absolute Gasteiger partial charge is 0.325 e. The summed E-state index contributed by atoms with van der Waals surface area (Å²) in [7, 11) is 1.50. The van der Waals surface area contributed by atoms with Crippen LogP contribution in [0.15, 0.2) is 42.7 Å². The average molecular weight is 413 g/mol. The van der Waals surface area contributed by atoms with Crippen molar-refractivity contribution in [1.82, 2.24) is 20.2 Å². The van der Waals surface area contributed by atoms with E-state index in [-0.39, 0.29) is 19.1 Å². The van der Waals surface area contributed by atoms with Gasteiger partial charge in [-0.1, -0.05) is 6.07 Å². The maximum atomic E-state index is 12.3. The van der Waals surface area contributed by atoms with Crippen molar-refractivity contribution in [3.8, 4) is 5.75 Å². The fourth-order valence-electron chi connectivity index (χ4n) is 2.91. The number of ether oxygens (including phenoxy) is 2. The predicted molar refractivity (Wildman–Crippen MR) is 107 cm³/mol. The van der Waals surface area contributed by atoms with Gasteiger partial charge in [-0.05, 0) is 24.3 Å². The molecule has 1 aromatic heterocycles. The quantitative estimate of drug-likeness (QED) is 0.636. The van der Waals surface area contributed by atoms with Crippen molar-refractivity contribution in [2.75, 3.05) is 51.3 Å². The van der Waals surface area contributed by atoms with Gasteiger partial charge in [0.2, 0.25) is 5.95 Å². The van der Waals surface area contributed by atoms with Gasteiger partial charge in [0.15, 0.2) is 6.61 Å². The van der Waals surface area contributed by atoms with Gasteiger partial charge >= 0.3 is 5.97 Å². The second-order valence-electron chi connectivity index (χ2n) is 6.49. The molecule has 10 heteroatoms. The third-order valence-electron chi connectivity index (χ3n) is 4.55. The summed E-state index contributed by atoms with van der Waals surface area (Å²) in [6.45, 7) is 1.47. The number of nitrogens with one attached hydrogen (secondary N) is 1. The second-order valence-corrected chi connectivity index (χ2v) is 6.49. The van der Waals surface area contributed by atoms with Crippen LogP contribution in [0.2, 0.25) is 0 Å². The van der Waals surface area contributed by atoms with Gasteiger partial charge in [-0.3, -0.25) is 14.4 Å². The van der Waals surface area contributed by atoms with Gasteiger partial charge in [-0.15, -0.1) is 0 Å². The first kappa shape index (κ1) is 21.0. The normalized spacial score (nSPS) is 13.5. The first-order valence-electron chi connectivity index (χ1n) is 9.44. The van der Waals surface area contributed by atoms with Crippen molar-refractivity contribution in [1.29, 1.82) is 0 Å². The van der Waals surface area contributed by atoms with Crippen LogP contribution in [0.5, 0.6) is 5.75 Å². The number of benzene rings is 1. The maximum Gasteiger partial charge on any atom is 0.325 e. The van der Waals surface area contributed by atoms with Crippen molar-refractivity contribution in [3.05, 3.63) is 48.3 Å². The highest BCUT2D eigenvalue weighted by Gasteiger charge is 2.23. The van der Waals surface area contributed by atoms with Gasteiger partial charge in [-0.25, -0.2) is 9.97 Å². The van der Waals surface area contributed by atoms with Crippen LogP contribution >= 0.6 is 0 Å². The first-order valence-corrected chi connectivity index (χ1v) is 9.44. The molecule has 10 nitrogen and oxygen atoms in total. The number of esters is 1. The molecule has 1 aliphatic rings. The summed E-state index contributed by atoms with van der Waals surface area (Å²) >= 11 is 0. The molecule has 0 saturated carbocycles. The lowest BCUT2D eigenvalue weighted by Crippen LogP contribution is -2.50. The van der Waals surface area contributed by atoms with E-state index >= 15 is 0 Å². The van der Waals surface area contributed by atoms with Crippen molar-refractivity contribution in [2.45, 2.75) is 0 Å². The summed E-state index contributed by atoms with van der Waals surface area (Å²) < 4.78 is 10.1. The molecule has 2 amide bonds. The molecule has 1 aliphatic heterocycles. The minimum Gasteiger partial charge on any atom is -0.497 e. The molecule has 2 heterocycles. The summed E-state index contributed by atoms with van der Waals surface area (Å²) in [6.07, 6.45) is 3.35. The van der Waals surface area contributed by atoms with Gasteiger partial charge < -0.3 is 24.6 Å². The van der Waals surface area contributed by atoms with Crippen LogP contribution in [0.4, 0.5) is 5.95 Å². The average Bonchev–Trinajstić information content (AvgIpc) is 2.81. The molecule has 2 aromatic rings. The van der Waals surface area contributed by atoms with E-state index in [4.69, 9.17) is 9.47 Å². The lowest BCUT2D eigenvalue weighted by atomic mass is 10.2. The van der Waals surface area contributed by atoms with Crippen LogP contribution in [-0.4, -0.2) is 79.1 Å². The number of nitrogens with zero attached hydrogens (tertiary/aromatic N) is 4. The Kier molecular flexibility index (Phi) is 7.14. The van der Waals surface area contributed by atoms with E-state index in [1.165, 1.54) is 7.11 Å². The zero-order valence-electron chi connectivity index (χ0n) is 16.6. The van der Waals surface area contributed by atoms with Crippen molar-refractivity contribution >= 4 is 23.7 Å². The van der Waals surface area contributed by atoms with Gasteiger partial charge in [0, 0.05) is 44.1 Å². The van der Waals surface area contributed by atoms with E-state index in [0.29, 0.717) is 43.4 Å². The topological polar surface area (TPSA) is 114 Å². The molecule has 0 bridgehead atoms. The van der Waals surface area contributed by atoms with Crippen molar-refractivity contribution in [3.63, 3.8) is 0 Å². The Morgan fingerprint density at radius 3 is 2.50 bits per heavy atom. The monoisotopic (exact) mass is 413 g/mol. The fraction of sp³-hybridized carbons (Fsp3) is 0.350. The number of aromatic nitrogens is 2. The minimum absolute atomic E-state index is 0.281. The van der Waals surface area contributed by atoms with Gasteiger partial charge in [0.05, 0.1) is 7.11 Å². The third kappa shape index (κ3) is 5.66. The molecule has 0 radical (unpaired) electrons. The Morgan fingerprint density at radius 1 is 1.07 bits per heavy atom. The number of amides is 2. The Balaban J connectivity index is 1.37. The largest absolute Gasteiger partial charge is 0.497 e. The van der Waals surface area contributed by atoms with E-state index < -0.39 is 11.9 Å². The summed E-state index contributed by atoms with van der Waals surface area (Å²) in [5.74, 6) is -0.235. The van der Waals surface area contributed by atoms with Gasteiger partial charge in [0.25, 0.3) is 11.8 Å². The first-order chi connectivity index (χ1) is 14.6. The fourth-order valence-corrected chi connectivity index (χ4v) is 2.91. The molecular weight excluding hydrogens is 390 g/mol. The zero-order chi connectivity index (χ0) is 21.3. The summed E-state index contributed by atoms with van der Waals surface area (Å²) in [5, 5.41) is 2.46. The lowest BCUT2D eigenvalue weighted by molar-refractivity contribution is -0.151. The molecule has 3 rings (SSSR count). The molecular formula is C20H23N5O5. The Hall–Kier alpha value is -3.69. The van der Waals surface area contributed by atoms with E-state index in [9.17, 15) is 14.4 Å². The third-order valence-corrected chi connectivity index (χ3v) is 4.55. The number of hydrogen-bond acceptors (Lipinski definition) is 8. The second kappa shape index (κ2) is 10.2. The number of piperazine rings is 1. The molecule has 0 aliphatic carbocycles. The van der Waals surface area contributed by atoms with E-state index in [0.717, 1.165) is 0 Å². The van der Waals surface area contributed by atoms with E-state index in [1.54, 1.807) is 47.6 Å². The summed E-state index contributed by atoms with van der Waals surface area (Å²) in [4.78, 5) is 48.2. The standard InChI is InChI=1S/C20H23N5O5/c1-29-16-5-2-4-15(12-16)19(28)23-13-18(27)30-14-17(26)24-8-10-25(11-9-24)20-21-6-3-7-22-20/h2-7,12H,8-11,13-14H2,1H3,(H,23,28). The molecule has 0 unspecified atom stereocenters. The Bertz CT molecular complexity index is 884. The number of hydrogen-bond donors (Lipinski definition) is 1. The molecule has 158 valence electrons. The highest BCUT2D eigenvalue weighted by Crippen LogP contribution is 2.12. The predicted octanol–water partition coefficient (Wildman–Crippen LogP) is 0.107. The number of carbonyl (C=O) groups is 3. The molecule has 1 N–H and O–H groups in total. The lowest BCUT2D eigenvalue weighted by Gasteiger charge is -2.34. The van der Waals surface area contributed by atoms with Crippen LogP contribution in [0.1, 0.15) is 10.4 Å². The summed E-state index contributed by atoms with van der Waals surface area (Å²) in [6, 6.07) is 8.30. The minimum atomic E-state index is -0.684. The zero-order valence-corrected chi connectivity index (χ0v) is 16.6. The highest BCUT2D eigenvalue weighted by molar-refractivity contribution is 5.96.